The zero-order valence-electron chi connectivity index (χ0n) is 39.8. The van der Waals surface area contributed by atoms with Crippen LogP contribution in [-0.2, 0) is 87.3 Å². The van der Waals surface area contributed by atoms with Gasteiger partial charge in [0.1, 0.15) is 4.90 Å². The van der Waals surface area contributed by atoms with Crippen LogP contribution in [0.3, 0.4) is 0 Å². The Hall–Kier alpha value is -7.43. The topological polar surface area (TPSA) is 319 Å². The quantitative estimate of drug-likeness (QED) is 0.0365. The third-order valence-electron chi connectivity index (χ3n) is 8.69. The van der Waals surface area contributed by atoms with Gasteiger partial charge in [-0.05, 0) is 72.3 Å². The van der Waals surface area contributed by atoms with Crippen LogP contribution in [-0.4, -0.2) is 105 Å². The Morgan fingerprint density at radius 2 is 0.947 bits per heavy atom. The summed E-state index contributed by atoms with van der Waals surface area (Å²) in [6.45, 7) is 1.86. The van der Waals surface area contributed by atoms with E-state index < -0.39 is 88.6 Å². The van der Waals surface area contributed by atoms with Crippen molar-refractivity contribution in [3.63, 3.8) is 0 Å². The lowest BCUT2D eigenvalue weighted by atomic mass is 10.1. The van der Waals surface area contributed by atoms with E-state index in [1.54, 1.807) is 55.5 Å². The number of hydrogen-bond donors (Lipinski definition) is 0. The normalized spacial score (nSPS) is 12.8. The average Bonchev–Trinajstić information content (AvgIpc) is 3.39. The van der Waals surface area contributed by atoms with Crippen LogP contribution < -0.4 is 0 Å². The molecule has 1 aliphatic heterocycles. The Kier molecular flexibility index (Phi) is 25.5. The number of halogens is 1. The van der Waals surface area contributed by atoms with Crippen LogP contribution in [0.15, 0.2) is 203 Å². The number of fused-ring (bicyclic) bond motifs is 1. The zero-order chi connectivity index (χ0) is 56.5. The molecule has 0 aromatic heterocycles. The summed E-state index contributed by atoms with van der Waals surface area (Å²) in [5.41, 5.74) is -0.549. The fraction of sp³-hybridized carbons (Fsp3) is 0.125. The number of benzene rings is 5. The molecule has 0 radical (unpaired) electrons. The van der Waals surface area contributed by atoms with Gasteiger partial charge < -0.3 is 18.9 Å². The van der Waals surface area contributed by atoms with Crippen LogP contribution in [0.5, 0.6) is 0 Å². The molecule has 5 aromatic carbocycles. The van der Waals surface area contributed by atoms with E-state index >= 15 is 0 Å². The Bertz CT molecular complexity index is 3560. The maximum Gasteiger partial charge on any atom is 0.331 e. The van der Waals surface area contributed by atoms with Crippen LogP contribution in [0.1, 0.15) is 6.92 Å². The van der Waals surface area contributed by atoms with E-state index in [9.17, 15) is 71.4 Å². The van der Waals surface area contributed by atoms with Crippen molar-refractivity contribution in [1.29, 1.82) is 0 Å². The zero-order valence-corrected chi connectivity index (χ0v) is 45.4. The molecule has 0 bridgehead atoms. The van der Waals surface area contributed by atoms with E-state index in [0.717, 1.165) is 68.9 Å². The largest absolute Gasteiger partial charge is 0.466 e. The maximum atomic E-state index is 12.0. The molecular formula is C48H46BrNO20S5. The minimum atomic E-state index is -4.06. The lowest BCUT2D eigenvalue weighted by molar-refractivity contribution is -0.387. The summed E-state index contributed by atoms with van der Waals surface area (Å²) < 4.78 is 132. The summed E-state index contributed by atoms with van der Waals surface area (Å²) in [7, 11) is -14.0. The fourth-order valence-electron chi connectivity index (χ4n) is 4.96. The van der Waals surface area contributed by atoms with Gasteiger partial charge >= 0.3 is 23.9 Å². The number of sulfone groups is 5. The van der Waals surface area contributed by atoms with Crippen molar-refractivity contribution in [2.45, 2.75) is 26.5 Å². The number of carbonyl (C=O) groups excluding carboxylic acids is 4. The molecule has 0 unspecified atom stereocenters. The fourth-order valence-corrected chi connectivity index (χ4v) is 9.82. The number of nitrogens with zero attached hydrogens (tertiary/aromatic N) is 1. The molecule has 1 aliphatic rings. The van der Waals surface area contributed by atoms with Crippen molar-refractivity contribution >= 4 is 105 Å². The molecule has 27 heteroatoms. The third kappa shape index (κ3) is 22.7. The predicted octanol–water partition coefficient (Wildman–Crippen LogP) is 6.73. The Morgan fingerprint density at radius 1 is 0.560 bits per heavy atom. The highest BCUT2D eigenvalue weighted by Crippen LogP contribution is 2.25. The first-order valence-corrected chi connectivity index (χ1v) is 29.4. The number of carbonyl (C=O) groups is 4. The van der Waals surface area contributed by atoms with Crippen LogP contribution in [0, 0.1) is 10.1 Å². The highest BCUT2D eigenvalue weighted by atomic mass is 79.9. The van der Waals surface area contributed by atoms with Gasteiger partial charge in [0.15, 0.2) is 39.3 Å². The van der Waals surface area contributed by atoms with E-state index in [0.29, 0.717) is 11.5 Å². The second kappa shape index (κ2) is 30.1. The van der Waals surface area contributed by atoms with Gasteiger partial charge in [0.25, 0.3) is 5.69 Å². The average molecular weight is 1200 g/mol. The smallest absolute Gasteiger partial charge is 0.331 e. The van der Waals surface area contributed by atoms with Crippen molar-refractivity contribution in [1.82, 2.24) is 0 Å². The molecule has 0 aliphatic carbocycles. The molecule has 1 heterocycles. The molecule has 0 amide bonds. The van der Waals surface area contributed by atoms with Crippen LogP contribution in [0.2, 0.25) is 0 Å². The van der Waals surface area contributed by atoms with Gasteiger partial charge in [0, 0.05) is 61.9 Å². The molecular weight excluding hydrogens is 1150 g/mol. The summed E-state index contributed by atoms with van der Waals surface area (Å²) >= 11 is 3.21. The summed E-state index contributed by atoms with van der Waals surface area (Å²) in [5.74, 6) is -2.70. The number of methoxy groups -OCH3 is 3. The second-order valence-corrected chi connectivity index (χ2v) is 24.1. The highest BCUT2D eigenvalue weighted by molar-refractivity contribution is 9.10. The number of esters is 4. The molecule has 0 N–H and O–H groups in total. The predicted molar refractivity (Wildman–Crippen MR) is 279 cm³/mol. The van der Waals surface area contributed by atoms with E-state index in [1.807, 2.05) is 24.3 Å². The first-order valence-electron chi connectivity index (χ1n) is 20.7. The number of ether oxygens (including phenoxy) is 4. The van der Waals surface area contributed by atoms with E-state index in [-0.39, 0.29) is 27.0 Å². The highest BCUT2D eigenvalue weighted by Gasteiger charge is 2.23. The maximum absolute atomic E-state index is 12.0. The standard InChI is InChI=1S/C14H12O4S.C11H11BrO4S.C10H9NO6S.C10H10O4S.C3H4O2S/c1-18-14(15)8-9-19(16,17)13-7-6-11-4-2-3-5-12(11)10-13;1-2-16-11(13)7-8-17(14,15)10-5-3-9(12)4-6-10;1-17-10(12)6-7-18(15,16)9-5-3-2-4-8(9)11(13)14;1-14-10(11)7-8-15(12,13)9-5-3-2-4-6-9;4-6(5)2-1-3-6/h2-10H,1H3;3-8H,2H2,1H3;2-7H,1H3;2-8H,1H3;1-2H,3H2/b9-8+;8-7+;7-6+;8-7+;. The SMILES string of the molecule is CCOC(=O)/C=C/S(=O)(=O)c1ccc(Br)cc1.COC(=O)/C=C/S(=O)(=O)c1ccc2ccccc2c1.COC(=O)/C=C/S(=O)(=O)c1ccccc1.COC(=O)/C=C/S(=O)(=O)c1ccccc1[N+](=O)[O-].O=S1(=O)C=CC1. The minimum absolute atomic E-state index is 0.126. The minimum Gasteiger partial charge on any atom is -0.466 e. The van der Waals surface area contributed by atoms with Crippen molar-refractivity contribution in [3.8, 4) is 0 Å². The Balaban J connectivity index is 0.000000330. The van der Waals surface area contributed by atoms with Crippen LogP contribution in [0.4, 0.5) is 5.69 Å². The van der Waals surface area contributed by atoms with Crippen molar-refractivity contribution in [2.24, 2.45) is 0 Å². The molecule has 6 rings (SSSR count). The Morgan fingerprint density at radius 3 is 1.39 bits per heavy atom. The van der Waals surface area contributed by atoms with Crippen LogP contribution >= 0.6 is 15.9 Å². The lowest BCUT2D eigenvalue weighted by Crippen LogP contribution is -2.07. The summed E-state index contributed by atoms with van der Waals surface area (Å²) in [5, 5.41) is 16.8. The van der Waals surface area contributed by atoms with Gasteiger partial charge in [-0.1, -0.05) is 82.7 Å². The van der Waals surface area contributed by atoms with Crippen molar-refractivity contribution in [3.05, 3.63) is 193 Å². The van der Waals surface area contributed by atoms with Gasteiger partial charge in [0.2, 0.25) is 9.84 Å². The van der Waals surface area contributed by atoms with Gasteiger partial charge in [0.05, 0.1) is 53.3 Å². The lowest BCUT2D eigenvalue weighted by Gasteiger charge is -2.02. The second-order valence-electron chi connectivity index (χ2n) is 13.9. The molecule has 0 atom stereocenters. The van der Waals surface area contributed by atoms with Gasteiger partial charge in [-0.15, -0.1) is 0 Å². The number of rotatable bonds is 14. The molecule has 0 fully saturated rings. The molecule has 400 valence electrons. The molecule has 0 saturated heterocycles. The van der Waals surface area contributed by atoms with E-state index in [2.05, 4.69) is 34.9 Å². The van der Waals surface area contributed by atoms with E-state index in [1.165, 1.54) is 62.1 Å². The monoisotopic (exact) mass is 1200 g/mol. The third-order valence-corrected chi connectivity index (χ3v) is 16.2. The number of para-hydroxylation sites is 1. The number of nitro benzene ring substituents is 1. The first-order chi connectivity index (χ1) is 35.1. The summed E-state index contributed by atoms with van der Waals surface area (Å²) in [4.78, 5) is 53.3. The molecule has 75 heavy (non-hydrogen) atoms. The first kappa shape index (κ1) is 63.7. The van der Waals surface area contributed by atoms with Gasteiger partial charge in [-0.25, -0.2) is 61.3 Å². The Labute approximate surface area is 441 Å². The van der Waals surface area contributed by atoms with Gasteiger partial charge in [-0.3, -0.25) is 10.1 Å². The summed E-state index contributed by atoms with van der Waals surface area (Å²) in [6.07, 6.45) is 4.98. The number of nitro groups is 1. The van der Waals surface area contributed by atoms with Crippen molar-refractivity contribution in [2.75, 3.05) is 33.7 Å². The molecule has 0 spiro atoms. The molecule has 5 aromatic rings. The van der Waals surface area contributed by atoms with Gasteiger partial charge in [-0.2, -0.15) is 0 Å². The summed E-state index contributed by atoms with van der Waals surface area (Å²) in [6, 6.07) is 31.1. The molecule has 21 nitrogen and oxygen atoms in total. The van der Waals surface area contributed by atoms with Crippen LogP contribution in [0.25, 0.3) is 10.8 Å². The van der Waals surface area contributed by atoms with E-state index in [4.69, 9.17) is 0 Å². The molecule has 0 saturated carbocycles. The number of hydrogen-bond acceptors (Lipinski definition) is 20. The van der Waals surface area contributed by atoms with Crippen molar-refractivity contribution < 1.29 is 85.1 Å².